The molecule has 2 aromatic heterocycles. The van der Waals surface area contributed by atoms with Gasteiger partial charge in [0.05, 0.1) is 17.9 Å². The van der Waals surface area contributed by atoms with Crippen LogP contribution >= 0.6 is 0 Å². The maximum atomic E-state index is 13.8. The molecule has 0 saturated heterocycles. The molecule has 0 spiro atoms. The molecule has 2 aromatic carbocycles. The number of aryl methyl sites for hydroxylation is 1. The summed E-state index contributed by atoms with van der Waals surface area (Å²) in [5.41, 5.74) is 2.83. The van der Waals surface area contributed by atoms with E-state index in [0.29, 0.717) is 42.0 Å². The Morgan fingerprint density at radius 3 is 2.49 bits per heavy atom. The van der Waals surface area contributed by atoms with Gasteiger partial charge in [0.15, 0.2) is 11.7 Å². The van der Waals surface area contributed by atoms with E-state index in [1.807, 2.05) is 48.5 Å². The fraction of sp³-hybridized carbons (Fsp3) is 0.375. The quantitative estimate of drug-likeness (QED) is 0.192. The number of pyridine rings is 1. The standard InChI is InChI=1S/C32H37N5O4/c38-29(31-36-25-15-7-8-16-28(25)41-31)26(18-17-22-10-3-1-4-11-22)35-30(39)27(20-23-12-5-2-6-13-23)37-32(40)34-24-14-9-19-33-21-24/h1,3-4,7-11,14-16,19,21,23,26-27,29,38H,2,5-6,12-13,17-18,20H2,(H,35,39)(H2,34,37,40). The first-order valence-electron chi connectivity index (χ1n) is 14.4. The zero-order valence-electron chi connectivity index (χ0n) is 23.0. The van der Waals surface area contributed by atoms with Gasteiger partial charge < -0.3 is 25.5 Å². The highest BCUT2D eigenvalue weighted by Crippen LogP contribution is 2.28. The van der Waals surface area contributed by atoms with E-state index in [1.54, 1.807) is 30.6 Å². The smallest absolute Gasteiger partial charge is 0.319 e. The van der Waals surface area contributed by atoms with Crippen molar-refractivity contribution in [3.05, 3.63) is 90.6 Å². The molecule has 4 N–H and O–H groups in total. The van der Waals surface area contributed by atoms with E-state index in [4.69, 9.17) is 4.42 Å². The number of oxazole rings is 1. The molecule has 3 unspecified atom stereocenters. The number of hydrogen-bond acceptors (Lipinski definition) is 6. The van der Waals surface area contributed by atoms with Crippen molar-refractivity contribution in [2.45, 2.75) is 69.6 Å². The highest BCUT2D eigenvalue weighted by molar-refractivity contribution is 5.93. The third-order valence-electron chi connectivity index (χ3n) is 7.69. The summed E-state index contributed by atoms with van der Waals surface area (Å²) in [4.78, 5) is 35.2. The van der Waals surface area contributed by atoms with Crippen LogP contribution in [0, 0.1) is 5.92 Å². The second-order valence-electron chi connectivity index (χ2n) is 10.7. The number of amides is 3. The number of aliphatic hydroxyl groups is 1. The zero-order chi connectivity index (χ0) is 28.4. The Kier molecular flexibility index (Phi) is 9.59. The van der Waals surface area contributed by atoms with E-state index < -0.39 is 24.2 Å². The number of carbonyl (C=O) groups excluding carboxylic acids is 2. The van der Waals surface area contributed by atoms with Crippen molar-refractivity contribution in [3.63, 3.8) is 0 Å². The number of aliphatic hydroxyl groups excluding tert-OH is 1. The number of para-hydroxylation sites is 2. The predicted molar refractivity (Wildman–Crippen MR) is 157 cm³/mol. The molecule has 1 fully saturated rings. The fourth-order valence-corrected chi connectivity index (χ4v) is 5.50. The summed E-state index contributed by atoms with van der Waals surface area (Å²) in [6.45, 7) is 0. The van der Waals surface area contributed by atoms with Crippen molar-refractivity contribution >= 4 is 28.7 Å². The van der Waals surface area contributed by atoms with Crippen LogP contribution in [0.15, 0.2) is 83.5 Å². The fourth-order valence-electron chi connectivity index (χ4n) is 5.50. The molecule has 1 aliphatic rings. The Labute approximate surface area is 239 Å². The minimum absolute atomic E-state index is 0.149. The third kappa shape index (κ3) is 7.91. The number of hydrogen-bond donors (Lipinski definition) is 4. The summed E-state index contributed by atoms with van der Waals surface area (Å²) >= 11 is 0. The van der Waals surface area contributed by atoms with Crippen LogP contribution in [-0.4, -0.2) is 39.1 Å². The van der Waals surface area contributed by atoms with Crippen LogP contribution in [0.25, 0.3) is 11.1 Å². The second kappa shape index (κ2) is 13.9. The van der Waals surface area contributed by atoms with Crippen LogP contribution in [0.3, 0.4) is 0 Å². The van der Waals surface area contributed by atoms with Crippen LogP contribution < -0.4 is 16.0 Å². The normalized spacial score (nSPS) is 16.0. The minimum atomic E-state index is -1.17. The molecule has 9 heteroatoms. The summed E-state index contributed by atoms with van der Waals surface area (Å²) in [7, 11) is 0. The Balaban J connectivity index is 1.34. The van der Waals surface area contributed by atoms with Gasteiger partial charge in [0, 0.05) is 6.20 Å². The molecule has 0 radical (unpaired) electrons. The first-order chi connectivity index (χ1) is 20.0. The number of carbonyl (C=O) groups is 2. The summed E-state index contributed by atoms with van der Waals surface area (Å²) in [6.07, 6.45) is 9.10. The number of anilines is 1. The maximum absolute atomic E-state index is 13.8. The molecule has 4 aromatic rings. The van der Waals surface area contributed by atoms with Gasteiger partial charge in [-0.1, -0.05) is 74.6 Å². The summed E-state index contributed by atoms with van der Waals surface area (Å²) < 4.78 is 5.86. The first-order valence-corrected chi connectivity index (χ1v) is 14.4. The summed E-state index contributed by atoms with van der Waals surface area (Å²) in [6, 6.07) is 18.7. The summed E-state index contributed by atoms with van der Waals surface area (Å²) in [5, 5.41) is 20.1. The van der Waals surface area contributed by atoms with Gasteiger partial charge in [-0.3, -0.25) is 9.78 Å². The van der Waals surface area contributed by atoms with E-state index >= 15 is 0 Å². The number of rotatable bonds is 11. The van der Waals surface area contributed by atoms with Crippen LogP contribution in [0.2, 0.25) is 0 Å². The Morgan fingerprint density at radius 2 is 1.73 bits per heavy atom. The molecule has 0 aliphatic heterocycles. The molecule has 41 heavy (non-hydrogen) atoms. The van der Waals surface area contributed by atoms with Crippen molar-refractivity contribution in [3.8, 4) is 0 Å². The van der Waals surface area contributed by atoms with E-state index in [0.717, 1.165) is 31.2 Å². The van der Waals surface area contributed by atoms with Gasteiger partial charge in [-0.15, -0.1) is 0 Å². The molecule has 5 rings (SSSR count). The molecular weight excluding hydrogens is 518 g/mol. The second-order valence-corrected chi connectivity index (χ2v) is 10.7. The lowest BCUT2D eigenvalue weighted by atomic mass is 9.84. The van der Waals surface area contributed by atoms with Gasteiger partial charge in [-0.25, -0.2) is 9.78 Å². The van der Waals surface area contributed by atoms with E-state index in [2.05, 4.69) is 25.9 Å². The molecular formula is C32H37N5O4. The number of nitrogens with one attached hydrogen (secondary N) is 3. The Morgan fingerprint density at radius 1 is 0.951 bits per heavy atom. The van der Waals surface area contributed by atoms with Gasteiger partial charge in [-0.05, 0) is 55.0 Å². The minimum Gasteiger partial charge on any atom is -0.438 e. The lowest BCUT2D eigenvalue weighted by Gasteiger charge is -2.29. The molecule has 1 aliphatic carbocycles. The van der Waals surface area contributed by atoms with Crippen molar-refractivity contribution in [2.75, 3.05) is 5.32 Å². The third-order valence-corrected chi connectivity index (χ3v) is 7.69. The van der Waals surface area contributed by atoms with Gasteiger partial charge >= 0.3 is 6.03 Å². The SMILES string of the molecule is O=C(Nc1cccnc1)NC(CC1CCCCC1)C(=O)NC(CCc1ccccc1)C(O)c1nc2ccccc2o1. The molecule has 3 atom stereocenters. The van der Waals surface area contributed by atoms with E-state index in [9.17, 15) is 14.7 Å². The number of urea groups is 1. The van der Waals surface area contributed by atoms with Gasteiger partial charge in [-0.2, -0.15) is 0 Å². The maximum Gasteiger partial charge on any atom is 0.319 e. The van der Waals surface area contributed by atoms with E-state index in [-0.39, 0.29) is 11.8 Å². The van der Waals surface area contributed by atoms with Crippen LogP contribution in [0.5, 0.6) is 0 Å². The van der Waals surface area contributed by atoms with Crippen LogP contribution in [0.1, 0.15) is 62.5 Å². The molecule has 1 saturated carbocycles. The van der Waals surface area contributed by atoms with Crippen molar-refractivity contribution < 1.29 is 19.1 Å². The molecule has 0 bridgehead atoms. The lowest BCUT2D eigenvalue weighted by Crippen LogP contribution is -2.52. The van der Waals surface area contributed by atoms with Gasteiger partial charge in [0.2, 0.25) is 11.8 Å². The predicted octanol–water partition coefficient (Wildman–Crippen LogP) is 5.53. The lowest BCUT2D eigenvalue weighted by molar-refractivity contribution is -0.125. The summed E-state index contributed by atoms with van der Waals surface area (Å²) in [5.74, 6) is 0.142. The highest BCUT2D eigenvalue weighted by atomic mass is 16.4. The average Bonchev–Trinajstić information content (AvgIpc) is 3.44. The Bertz CT molecular complexity index is 1370. The molecule has 214 valence electrons. The number of aromatic nitrogens is 2. The molecule has 2 heterocycles. The monoisotopic (exact) mass is 555 g/mol. The highest BCUT2D eigenvalue weighted by Gasteiger charge is 2.32. The van der Waals surface area contributed by atoms with Crippen LogP contribution in [0.4, 0.5) is 10.5 Å². The van der Waals surface area contributed by atoms with Crippen molar-refractivity contribution in [2.24, 2.45) is 5.92 Å². The largest absolute Gasteiger partial charge is 0.438 e. The van der Waals surface area contributed by atoms with Gasteiger partial charge in [0.1, 0.15) is 11.6 Å². The van der Waals surface area contributed by atoms with E-state index in [1.165, 1.54) is 6.42 Å². The average molecular weight is 556 g/mol. The first kappa shape index (κ1) is 28.3. The van der Waals surface area contributed by atoms with Crippen LogP contribution in [-0.2, 0) is 11.2 Å². The Hall–Kier alpha value is -4.24. The zero-order valence-corrected chi connectivity index (χ0v) is 23.0. The van der Waals surface area contributed by atoms with Crippen molar-refractivity contribution in [1.82, 2.24) is 20.6 Å². The topological polar surface area (TPSA) is 129 Å². The van der Waals surface area contributed by atoms with Gasteiger partial charge in [0.25, 0.3) is 0 Å². The number of fused-ring (bicyclic) bond motifs is 1. The molecule has 9 nitrogen and oxygen atoms in total. The number of nitrogens with zero attached hydrogens (tertiary/aromatic N) is 2. The van der Waals surface area contributed by atoms with Crippen molar-refractivity contribution in [1.29, 1.82) is 0 Å². The number of benzene rings is 2. The molecule has 3 amide bonds.